The Morgan fingerprint density at radius 1 is 1.37 bits per heavy atom. The highest BCUT2D eigenvalue weighted by molar-refractivity contribution is 9.10. The van der Waals surface area contributed by atoms with E-state index in [0.29, 0.717) is 11.0 Å². The first-order valence-electron chi connectivity index (χ1n) is 5.86. The average molecular weight is 372 g/mol. The van der Waals surface area contributed by atoms with Crippen LogP contribution in [0.5, 0.6) is 0 Å². The van der Waals surface area contributed by atoms with E-state index in [1.54, 1.807) is 12.1 Å². The van der Waals surface area contributed by atoms with Crippen molar-refractivity contribution in [1.29, 1.82) is 0 Å². The van der Waals surface area contributed by atoms with Crippen LogP contribution in [0.1, 0.15) is 19.4 Å². The molecule has 0 aliphatic rings. The predicted octanol–water partition coefficient (Wildman–Crippen LogP) is 2.46. The van der Waals surface area contributed by atoms with Crippen LogP contribution in [-0.2, 0) is 10.0 Å². The van der Waals surface area contributed by atoms with Gasteiger partial charge >= 0.3 is 0 Å². The maximum atomic E-state index is 12.1. The van der Waals surface area contributed by atoms with Crippen LogP contribution >= 0.6 is 28.3 Å². The van der Waals surface area contributed by atoms with Gasteiger partial charge in [-0.3, -0.25) is 0 Å². The lowest BCUT2D eigenvalue weighted by molar-refractivity contribution is 0.536. The van der Waals surface area contributed by atoms with Gasteiger partial charge in [0.2, 0.25) is 10.0 Å². The van der Waals surface area contributed by atoms with Gasteiger partial charge in [-0.05, 0) is 48.0 Å². The van der Waals surface area contributed by atoms with E-state index in [9.17, 15) is 8.42 Å². The number of likely N-dealkylation sites (N-methyl/N-ethyl adjacent to an activating group) is 1. The summed E-state index contributed by atoms with van der Waals surface area (Å²) in [5.74, 6) is 0. The van der Waals surface area contributed by atoms with E-state index >= 15 is 0 Å². The van der Waals surface area contributed by atoms with E-state index < -0.39 is 10.0 Å². The largest absolute Gasteiger partial charge is 0.313 e. The lowest BCUT2D eigenvalue weighted by Gasteiger charge is -2.14. The summed E-state index contributed by atoms with van der Waals surface area (Å²) < 4.78 is 27.5. The fourth-order valence-electron chi connectivity index (χ4n) is 1.56. The molecule has 0 aliphatic carbocycles. The Bertz CT molecular complexity index is 508. The summed E-state index contributed by atoms with van der Waals surface area (Å²) >= 11 is 3.32. The maximum Gasteiger partial charge on any atom is 0.241 e. The lowest BCUT2D eigenvalue weighted by Crippen LogP contribution is -2.38. The summed E-state index contributed by atoms with van der Waals surface area (Å²) in [6, 6.07) is 5.30. The van der Waals surface area contributed by atoms with Gasteiger partial charge in [-0.15, -0.1) is 12.4 Å². The molecule has 0 fully saturated rings. The molecule has 110 valence electrons. The first kappa shape index (κ1) is 18.9. The van der Waals surface area contributed by atoms with Crippen molar-refractivity contribution in [3.63, 3.8) is 0 Å². The molecular weight excluding hydrogens is 352 g/mol. The van der Waals surface area contributed by atoms with Crippen molar-refractivity contribution >= 4 is 38.4 Å². The third-order valence-electron chi connectivity index (χ3n) is 2.58. The van der Waals surface area contributed by atoms with Gasteiger partial charge in [0.1, 0.15) is 0 Å². The van der Waals surface area contributed by atoms with Gasteiger partial charge in [0.25, 0.3) is 0 Å². The molecule has 1 rings (SSSR count). The minimum atomic E-state index is -3.46. The highest BCUT2D eigenvalue weighted by Crippen LogP contribution is 2.24. The molecule has 1 atom stereocenters. The fourth-order valence-corrected chi connectivity index (χ4v) is 3.74. The number of nitrogens with one attached hydrogen (secondary N) is 2. The molecule has 0 heterocycles. The Labute approximate surface area is 130 Å². The van der Waals surface area contributed by atoms with Crippen molar-refractivity contribution < 1.29 is 8.42 Å². The predicted molar refractivity (Wildman–Crippen MR) is 84.5 cm³/mol. The standard InChI is InChI=1S/C12H19BrN2O2S.ClH/c1-4-14-10(3)8-15-18(16,17)11-7-5-6-9(2)12(11)13;/h5-7,10,14-15H,4,8H2,1-3H3;1H/t10-;/m1./s1. The van der Waals surface area contributed by atoms with E-state index in [1.165, 1.54) is 0 Å². The Balaban J connectivity index is 0.00000324. The second-order valence-electron chi connectivity index (χ2n) is 4.20. The second-order valence-corrected chi connectivity index (χ2v) is 6.73. The molecule has 7 heteroatoms. The van der Waals surface area contributed by atoms with E-state index in [0.717, 1.165) is 12.1 Å². The molecule has 0 saturated carbocycles. The Morgan fingerprint density at radius 2 is 2.00 bits per heavy atom. The van der Waals surface area contributed by atoms with Gasteiger partial charge in [-0.1, -0.05) is 19.1 Å². The molecule has 4 nitrogen and oxygen atoms in total. The molecule has 1 aromatic rings. The lowest BCUT2D eigenvalue weighted by atomic mass is 10.2. The quantitative estimate of drug-likeness (QED) is 0.807. The first-order chi connectivity index (χ1) is 8.38. The third kappa shape index (κ3) is 5.39. The summed E-state index contributed by atoms with van der Waals surface area (Å²) in [6.45, 7) is 6.98. The molecule has 0 radical (unpaired) electrons. The van der Waals surface area contributed by atoms with E-state index in [1.807, 2.05) is 26.8 Å². The average Bonchev–Trinajstić information content (AvgIpc) is 2.30. The molecule has 0 spiro atoms. The zero-order valence-electron chi connectivity index (χ0n) is 11.2. The topological polar surface area (TPSA) is 58.2 Å². The van der Waals surface area contributed by atoms with Crippen molar-refractivity contribution in [2.24, 2.45) is 0 Å². The van der Waals surface area contributed by atoms with Crippen molar-refractivity contribution in [1.82, 2.24) is 10.0 Å². The number of halogens is 2. The van der Waals surface area contributed by atoms with Crippen LogP contribution in [0.25, 0.3) is 0 Å². The van der Waals surface area contributed by atoms with Crippen molar-refractivity contribution in [3.05, 3.63) is 28.2 Å². The van der Waals surface area contributed by atoms with Crippen LogP contribution in [0.4, 0.5) is 0 Å². The van der Waals surface area contributed by atoms with Crippen molar-refractivity contribution in [2.75, 3.05) is 13.1 Å². The molecule has 0 bridgehead atoms. The Morgan fingerprint density at radius 3 is 2.58 bits per heavy atom. The van der Waals surface area contributed by atoms with Gasteiger partial charge in [0.05, 0.1) is 4.90 Å². The van der Waals surface area contributed by atoms with Crippen molar-refractivity contribution in [3.8, 4) is 0 Å². The monoisotopic (exact) mass is 370 g/mol. The fraction of sp³-hybridized carbons (Fsp3) is 0.500. The molecule has 0 aromatic heterocycles. The van der Waals surface area contributed by atoms with Gasteiger partial charge < -0.3 is 5.32 Å². The molecule has 19 heavy (non-hydrogen) atoms. The molecule has 1 aromatic carbocycles. The highest BCUT2D eigenvalue weighted by Gasteiger charge is 2.18. The second kappa shape index (κ2) is 8.21. The van der Waals surface area contributed by atoms with Crippen LogP contribution in [0.2, 0.25) is 0 Å². The van der Waals surface area contributed by atoms with Crippen LogP contribution in [0.15, 0.2) is 27.6 Å². The normalized spacial score (nSPS) is 12.8. The van der Waals surface area contributed by atoms with Crippen LogP contribution < -0.4 is 10.0 Å². The number of hydrogen-bond acceptors (Lipinski definition) is 3. The van der Waals surface area contributed by atoms with Crippen LogP contribution in [0, 0.1) is 6.92 Å². The molecule has 2 N–H and O–H groups in total. The number of sulfonamides is 1. The van der Waals surface area contributed by atoms with Crippen molar-refractivity contribution in [2.45, 2.75) is 31.7 Å². The smallest absolute Gasteiger partial charge is 0.241 e. The first-order valence-corrected chi connectivity index (χ1v) is 8.14. The minimum Gasteiger partial charge on any atom is -0.313 e. The minimum absolute atomic E-state index is 0. The molecular formula is C12H20BrClN2O2S. The maximum absolute atomic E-state index is 12.1. The highest BCUT2D eigenvalue weighted by atomic mass is 79.9. The molecule has 0 saturated heterocycles. The summed E-state index contributed by atoms with van der Waals surface area (Å²) in [5.41, 5.74) is 0.901. The van der Waals surface area contributed by atoms with E-state index in [-0.39, 0.29) is 23.3 Å². The summed E-state index contributed by atoms with van der Waals surface area (Å²) in [7, 11) is -3.46. The van der Waals surface area contributed by atoms with E-state index in [2.05, 4.69) is 26.0 Å². The number of hydrogen-bond donors (Lipinski definition) is 2. The number of rotatable bonds is 6. The SMILES string of the molecule is CCN[C@H](C)CNS(=O)(=O)c1cccc(C)c1Br.Cl. The number of aryl methyl sites for hydroxylation is 1. The summed E-state index contributed by atoms with van der Waals surface area (Å²) in [4.78, 5) is 0.284. The van der Waals surface area contributed by atoms with Gasteiger partial charge in [-0.2, -0.15) is 0 Å². The summed E-state index contributed by atoms with van der Waals surface area (Å²) in [6.07, 6.45) is 0. The molecule has 0 unspecified atom stereocenters. The zero-order chi connectivity index (χ0) is 13.8. The van der Waals surface area contributed by atoms with Gasteiger partial charge in [0.15, 0.2) is 0 Å². The number of benzene rings is 1. The zero-order valence-corrected chi connectivity index (χ0v) is 14.5. The Hall–Kier alpha value is -0.140. The third-order valence-corrected chi connectivity index (χ3v) is 5.36. The van der Waals surface area contributed by atoms with Crippen LogP contribution in [-0.4, -0.2) is 27.5 Å². The van der Waals surface area contributed by atoms with Crippen LogP contribution in [0.3, 0.4) is 0 Å². The summed E-state index contributed by atoms with van der Waals surface area (Å²) in [5, 5.41) is 3.16. The van der Waals surface area contributed by atoms with Gasteiger partial charge in [-0.25, -0.2) is 13.1 Å². The Kier molecular flexibility index (Phi) is 8.15. The molecule has 0 amide bonds. The van der Waals surface area contributed by atoms with Gasteiger partial charge in [0, 0.05) is 17.1 Å². The van der Waals surface area contributed by atoms with E-state index in [4.69, 9.17) is 0 Å². The molecule has 0 aliphatic heterocycles.